The molecule has 0 atom stereocenters. The molecule has 0 spiro atoms. The number of fused-ring (bicyclic) bond motifs is 2. The van der Waals surface area contributed by atoms with Crippen LogP contribution in [-0.4, -0.2) is 0 Å². The first-order valence-corrected chi connectivity index (χ1v) is 7.42. The van der Waals surface area contributed by atoms with E-state index in [0.29, 0.717) is 0 Å². The number of nitrogens with two attached hydrogens (primary N) is 1. The normalized spacial score (nSPS) is 14.6. The number of allylic oxidation sites excluding steroid dienone is 4. The van der Waals surface area contributed by atoms with Crippen LogP contribution in [0.15, 0.2) is 66.8 Å². The summed E-state index contributed by atoms with van der Waals surface area (Å²) in [4.78, 5) is 0. The van der Waals surface area contributed by atoms with E-state index in [1.807, 2.05) is 0 Å². The Morgan fingerprint density at radius 1 is 0.714 bits per heavy atom. The van der Waals surface area contributed by atoms with Gasteiger partial charge in [-0.25, -0.2) is 0 Å². The summed E-state index contributed by atoms with van der Waals surface area (Å²) in [6, 6.07) is 16.9. The Kier molecular flexibility index (Phi) is 2.78. The van der Waals surface area contributed by atoms with Crippen molar-refractivity contribution in [2.75, 3.05) is 5.73 Å². The molecule has 0 bridgehead atoms. The Morgan fingerprint density at radius 2 is 1.29 bits per heavy atom. The largest absolute Gasteiger partial charge is 0.398 e. The van der Waals surface area contributed by atoms with Crippen LogP contribution in [0.1, 0.15) is 18.4 Å². The van der Waals surface area contributed by atoms with Gasteiger partial charge in [0, 0.05) is 16.5 Å². The fourth-order valence-corrected chi connectivity index (χ4v) is 3.27. The van der Waals surface area contributed by atoms with Crippen molar-refractivity contribution < 1.29 is 0 Å². The highest BCUT2D eigenvalue weighted by molar-refractivity contribution is 6.17. The molecule has 3 aromatic carbocycles. The Balaban J connectivity index is 2.22. The van der Waals surface area contributed by atoms with Crippen LogP contribution in [0.25, 0.3) is 27.1 Å². The number of hydrogen-bond donors (Lipinski definition) is 1. The predicted molar refractivity (Wildman–Crippen MR) is 92.2 cm³/mol. The highest BCUT2D eigenvalue weighted by Crippen LogP contribution is 2.39. The van der Waals surface area contributed by atoms with Crippen molar-refractivity contribution in [1.29, 1.82) is 0 Å². The Labute approximate surface area is 124 Å². The minimum atomic E-state index is 0.880. The number of anilines is 1. The van der Waals surface area contributed by atoms with Crippen molar-refractivity contribution in [3.8, 4) is 0 Å². The summed E-state index contributed by atoms with van der Waals surface area (Å²) >= 11 is 0. The average Bonchev–Trinajstić information content (AvgIpc) is 2.56. The molecule has 0 aliphatic heterocycles. The molecule has 4 rings (SSSR count). The molecule has 0 unspecified atom stereocenters. The van der Waals surface area contributed by atoms with Gasteiger partial charge in [0.2, 0.25) is 0 Å². The molecule has 2 N–H and O–H groups in total. The molecular weight excluding hydrogens is 254 g/mol. The molecular formula is C20H17N. The molecule has 0 amide bonds. The second-order valence-corrected chi connectivity index (χ2v) is 5.52. The van der Waals surface area contributed by atoms with E-state index in [-0.39, 0.29) is 0 Å². The molecule has 0 fully saturated rings. The third-order valence-electron chi connectivity index (χ3n) is 4.26. The van der Waals surface area contributed by atoms with Gasteiger partial charge in [-0.15, -0.1) is 0 Å². The van der Waals surface area contributed by atoms with Gasteiger partial charge in [0.15, 0.2) is 0 Å². The van der Waals surface area contributed by atoms with Gasteiger partial charge >= 0.3 is 0 Å². The van der Waals surface area contributed by atoms with Crippen LogP contribution in [0, 0.1) is 0 Å². The van der Waals surface area contributed by atoms with Gasteiger partial charge in [0.05, 0.1) is 0 Å². The zero-order valence-corrected chi connectivity index (χ0v) is 11.8. The van der Waals surface area contributed by atoms with E-state index < -0.39 is 0 Å². The van der Waals surface area contributed by atoms with Gasteiger partial charge in [-0.05, 0) is 34.8 Å². The molecule has 0 saturated carbocycles. The van der Waals surface area contributed by atoms with Crippen LogP contribution in [-0.2, 0) is 0 Å². The second-order valence-electron chi connectivity index (χ2n) is 5.52. The minimum absolute atomic E-state index is 0.880. The molecule has 0 radical (unpaired) electrons. The van der Waals surface area contributed by atoms with Crippen LogP contribution in [0.5, 0.6) is 0 Å². The van der Waals surface area contributed by atoms with Crippen molar-refractivity contribution in [3.05, 3.63) is 72.3 Å². The molecule has 0 saturated heterocycles. The fourth-order valence-electron chi connectivity index (χ4n) is 3.27. The van der Waals surface area contributed by atoms with Gasteiger partial charge in [-0.2, -0.15) is 0 Å². The monoisotopic (exact) mass is 271 g/mol. The van der Waals surface area contributed by atoms with Gasteiger partial charge in [0.1, 0.15) is 0 Å². The lowest BCUT2D eigenvalue weighted by atomic mass is 9.88. The maximum atomic E-state index is 6.42. The number of rotatable bonds is 1. The SMILES string of the molecule is Nc1c2ccccc2c(C2=CCCC=C2)c2ccccc12. The van der Waals surface area contributed by atoms with Gasteiger partial charge in [-0.1, -0.05) is 66.8 Å². The molecule has 1 aliphatic rings. The zero-order valence-electron chi connectivity index (χ0n) is 11.8. The van der Waals surface area contributed by atoms with Crippen molar-refractivity contribution in [3.63, 3.8) is 0 Å². The van der Waals surface area contributed by atoms with E-state index in [0.717, 1.165) is 29.3 Å². The van der Waals surface area contributed by atoms with Crippen LogP contribution in [0.2, 0.25) is 0 Å². The Hall–Kier alpha value is -2.54. The standard InChI is InChI=1S/C20H17N/c21-20-17-12-6-4-10-15(17)19(14-8-2-1-3-9-14)16-11-5-7-13-18(16)20/h2,4-13H,1,3,21H2. The molecule has 102 valence electrons. The quantitative estimate of drug-likeness (QED) is 0.471. The van der Waals surface area contributed by atoms with E-state index in [1.54, 1.807) is 0 Å². The van der Waals surface area contributed by atoms with E-state index in [1.165, 1.54) is 21.9 Å². The summed E-state index contributed by atoms with van der Waals surface area (Å²) in [5, 5.41) is 4.77. The molecule has 0 aromatic heterocycles. The lowest BCUT2D eigenvalue weighted by molar-refractivity contribution is 1.04. The zero-order chi connectivity index (χ0) is 14.2. The van der Waals surface area contributed by atoms with Crippen LogP contribution < -0.4 is 5.73 Å². The first kappa shape index (κ1) is 12.2. The lowest BCUT2D eigenvalue weighted by Crippen LogP contribution is -1.96. The highest BCUT2D eigenvalue weighted by Gasteiger charge is 2.14. The van der Waals surface area contributed by atoms with E-state index in [9.17, 15) is 0 Å². The highest BCUT2D eigenvalue weighted by atomic mass is 14.6. The summed E-state index contributed by atoms with van der Waals surface area (Å²) in [7, 11) is 0. The van der Waals surface area contributed by atoms with E-state index in [2.05, 4.69) is 66.8 Å². The average molecular weight is 271 g/mol. The molecule has 1 heteroatoms. The maximum absolute atomic E-state index is 6.42. The van der Waals surface area contributed by atoms with Crippen LogP contribution >= 0.6 is 0 Å². The van der Waals surface area contributed by atoms with Gasteiger partial charge < -0.3 is 5.73 Å². The third-order valence-corrected chi connectivity index (χ3v) is 4.26. The summed E-state index contributed by atoms with van der Waals surface area (Å²) in [5.74, 6) is 0. The fraction of sp³-hybridized carbons (Fsp3) is 0.100. The van der Waals surface area contributed by atoms with Gasteiger partial charge in [-0.3, -0.25) is 0 Å². The molecule has 3 aromatic rings. The Bertz CT molecular complexity index is 843. The summed E-state index contributed by atoms with van der Waals surface area (Å²) in [6.07, 6.45) is 9.08. The second kappa shape index (κ2) is 4.78. The number of benzene rings is 3. The van der Waals surface area contributed by atoms with Gasteiger partial charge in [0.25, 0.3) is 0 Å². The van der Waals surface area contributed by atoms with Crippen molar-refractivity contribution in [2.45, 2.75) is 12.8 Å². The Morgan fingerprint density at radius 3 is 1.81 bits per heavy atom. The molecule has 1 aliphatic carbocycles. The summed E-state index contributed by atoms with van der Waals surface area (Å²) in [6.45, 7) is 0. The molecule has 1 nitrogen and oxygen atoms in total. The third kappa shape index (κ3) is 1.85. The summed E-state index contributed by atoms with van der Waals surface area (Å²) in [5.41, 5.74) is 9.92. The van der Waals surface area contributed by atoms with Crippen molar-refractivity contribution in [2.24, 2.45) is 0 Å². The summed E-state index contributed by atoms with van der Waals surface area (Å²) < 4.78 is 0. The topological polar surface area (TPSA) is 26.0 Å². The number of nitrogen functional groups attached to an aromatic ring is 1. The maximum Gasteiger partial charge on any atom is 0.0473 e. The smallest absolute Gasteiger partial charge is 0.0473 e. The van der Waals surface area contributed by atoms with E-state index >= 15 is 0 Å². The van der Waals surface area contributed by atoms with Crippen LogP contribution in [0.4, 0.5) is 5.69 Å². The first-order chi connectivity index (χ1) is 10.4. The van der Waals surface area contributed by atoms with Crippen molar-refractivity contribution >= 4 is 32.8 Å². The lowest BCUT2D eigenvalue weighted by Gasteiger charge is -2.16. The molecule has 0 heterocycles. The first-order valence-electron chi connectivity index (χ1n) is 7.42. The van der Waals surface area contributed by atoms with E-state index in [4.69, 9.17) is 5.73 Å². The predicted octanol–water partition coefficient (Wildman–Crippen LogP) is 5.31. The molecule has 21 heavy (non-hydrogen) atoms. The van der Waals surface area contributed by atoms with Crippen LogP contribution in [0.3, 0.4) is 0 Å². The van der Waals surface area contributed by atoms with Crippen molar-refractivity contribution in [1.82, 2.24) is 0 Å². The number of hydrogen-bond acceptors (Lipinski definition) is 1. The minimum Gasteiger partial charge on any atom is -0.398 e.